The zero-order valence-corrected chi connectivity index (χ0v) is 21.4. The lowest BCUT2D eigenvalue weighted by Crippen LogP contribution is -2.39. The Labute approximate surface area is 193 Å². The second-order valence-corrected chi connectivity index (χ2v) is 9.36. The Balaban J connectivity index is 4.37. The molecule has 0 fully saturated rings. The molecular formula is C24H45IO4. The number of esters is 2. The zero-order chi connectivity index (χ0) is 21.8. The number of carbonyl (C=O) groups excluding carboxylic acids is 2. The van der Waals surface area contributed by atoms with Gasteiger partial charge in [-0.2, -0.15) is 0 Å². The van der Waals surface area contributed by atoms with E-state index >= 15 is 0 Å². The summed E-state index contributed by atoms with van der Waals surface area (Å²) in [5, 5.41) is 0. The van der Waals surface area contributed by atoms with E-state index in [1.807, 2.05) is 0 Å². The van der Waals surface area contributed by atoms with Crippen LogP contribution in [0.2, 0.25) is 0 Å². The molecule has 0 amide bonds. The summed E-state index contributed by atoms with van der Waals surface area (Å²) in [6.45, 7) is 6.90. The van der Waals surface area contributed by atoms with Crippen LogP contribution in [0.5, 0.6) is 0 Å². The van der Waals surface area contributed by atoms with Gasteiger partial charge in [0.25, 0.3) is 0 Å². The van der Waals surface area contributed by atoms with Gasteiger partial charge in [-0.1, -0.05) is 107 Å². The highest BCUT2D eigenvalue weighted by molar-refractivity contribution is 14.1. The average Bonchev–Trinajstić information content (AvgIpc) is 2.72. The summed E-state index contributed by atoms with van der Waals surface area (Å²) in [7, 11) is 0. The Morgan fingerprint density at radius 2 is 1.07 bits per heavy atom. The molecule has 0 bridgehead atoms. The van der Waals surface area contributed by atoms with Gasteiger partial charge >= 0.3 is 11.9 Å². The van der Waals surface area contributed by atoms with Crippen molar-refractivity contribution in [3.8, 4) is 0 Å². The first kappa shape index (κ1) is 28.7. The molecule has 0 atom stereocenters. The van der Waals surface area contributed by atoms with E-state index in [0.717, 1.165) is 43.0 Å². The first-order chi connectivity index (χ1) is 14.0. The number of carbonyl (C=O) groups is 2. The summed E-state index contributed by atoms with van der Waals surface area (Å²) in [6.07, 6.45) is 16.0. The van der Waals surface area contributed by atoms with Crippen molar-refractivity contribution in [2.45, 2.75) is 117 Å². The molecule has 172 valence electrons. The van der Waals surface area contributed by atoms with Gasteiger partial charge in [0.05, 0.1) is 13.2 Å². The Kier molecular flexibility index (Phi) is 19.4. The zero-order valence-electron chi connectivity index (χ0n) is 19.2. The second-order valence-electron chi connectivity index (χ2n) is 8.29. The fraction of sp³-hybridized carbons (Fsp3) is 0.917. The molecule has 0 saturated carbocycles. The van der Waals surface area contributed by atoms with Crippen LogP contribution in [0.15, 0.2) is 0 Å². The monoisotopic (exact) mass is 524 g/mol. The third-order valence-corrected chi connectivity index (χ3v) is 6.19. The molecule has 0 saturated heterocycles. The Morgan fingerprint density at radius 1 is 0.655 bits per heavy atom. The standard InChI is InChI=1S/C24H45IO4/c1-4-6-8-10-12-16-20-28-22(26)24(3,18-14-15-19-25)23(27)29-21-17-13-11-9-7-5-2/h4-21H2,1-3H3. The highest BCUT2D eigenvalue weighted by atomic mass is 127. The largest absolute Gasteiger partial charge is 0.465 e. The third kappa shape index (κ3) is 14.3. The Morgan fingerprint density at radius 3 is 1.48 bits per heavy atom. The minimum absolute atomic E-state index is 0.400. The van der Waals surface area contributed by atoms with Crippen LogP contribution in [0.4, 0.5) is 0 Å². The van der Waals surface area contributed by atoms with Crippen LogP contribution in [0.3, 0.4) is 0 Å². The number of rotatable bonds is 20. The van der Waals surface area contributed by atoms with Gasteiger partial charge in [-0.05, 0) is 37.0 Å². The van der Waals surface area contributed by atoms with E-state index in [2.05, 4.69) is 36.4 Å². The lowest BCUT2D eigenvalue weighted by Gasteiger charge is -2.25. The highest BCUT2D eigenvalue weighted by Crippen LogP contribution is 2.29. The molecule has 0 aromatic rings. The number of hydrogen-bond donors (Lipinski definition) is 0. The van der Waals surface area contributed by atoms with Crippen molar-refractivity contribution in [1.29, 1.82) is 0 Å². The van der Waals surface area contributed by atoms with Gasteiger partial charge in [0.2, 0.25) is 0 Å². The van der Waals surface area contributed by atoms with E-state index in [1.165, 1.54) is 51.4 Å². The number of hydrogen-bond acceptors (Lipinski definition) is 4. The van der Waals surface area contributed by atoms with Gasteiger partial charge < -0.3 is 9.47 Å². The molecule has 4 nitrogen and oxygen atoms in total. The van der Waals surface area contributed by atoms with E-state index < -0.39 is 17.4 Å². The minimum Gasteiger partial charge on any atom is -0.465 e. The van der Waals surface area contributed by atoms with Gasteiger partial charge in [-0.25, -0.2) is 0 Å². The summed E-state index contributed by atoms with van der Waals surface area (Å²) < 4.78 is 12.0. The molecule has 0 radical (unpaired) electrons. The summed E-state index contributed by atoms with van der Waals surface area (Å²) in [5.74, 6) is -0.820. The van der Waals surface area contributed by atoms with E-state index in [0.29, 0.717) is 19.6 Å². The quantitative estimate of drug-likeness (QED) is 0.0547. The molecule has 0 spiro atoms. The predicted octanol–water partition coefficient (Wildman–Crippen LogP) is 7.41. The molecular weight excluding hydrogens is 479 g/mol. The maximum absolute atomic E-state index is 12.7. The maximum atomic E-state index is 12.7. The minimum atomic E-state index is -1.17. The number of halogens is 1. The molecule has 0 N–H and O–H groups in total. The van der Waals surface area contributed by atoms with E-state index in [4.69, 9.17) is 9.47 Å². The van der Waals surface area contributed by atoms with Gasteiger partial charge in [-0.3, -0.25) is 9.59 Å². The van der Waals surface area contributed by atoms with E-state index in [9.17, 15) is 9.59 Å². The Hall–Kier alpha value is -0.330. The van der Waals surface area contributed by atoms with Gasteiger partial charge in [0, 0.05) is 0 Å². The van der Waals surface area contributed by atoms with Gasteiger partial charge in [-0.15, -0.1) is 0 Å². The molecule has 0 aliphatic carbocycles. The first-order valence-electron chi connectivity index (χ1n) is 11.9. The fourth-order valence-electron chi connectivity index (χ4n) is 3.27. The van der Waals surface area contributed by atoms with Crippen molar-refractivity contribution in [3.05, 3.63) is 0 Å². The number of unbranched alkanes of at least 4 members (excludes halogenated alkanes) is 11. The van der Waals surface area contributed by atoms with Crippen molar-refractivity contribution >= 4 is 34.5 Å². The van der Waals surface area contributed by atoms with Crippen LogP contribution in [-0.2, 0) is 19.1 Å². The number of alkyl halides is 1. The lowest BCUT2D eigenvalue weighted by molar-refractivity contribution is -0.172. The Bertz CT molecular complexity index is 382. The van der Waals surface area contributed by atoms with Gasteiger partial charge in [0.1, 0.15) is 0 Å². The van der Waals surface area contributed by atoms with Crippen LogP contribution in [0.25, 0.3) is 0 Å². The highest BCUT2D eigenvalue weighted by Gasteiger charge is 2.43. The SMILES string of the molecule is CCCCCCCCOC(=O)C(C)(CCCCI)C(=O)OCCCCCCCC. The van der Waals surface area contributed by atoms with E-state index in [-0.39, 0.29) is 0 Å². The summed E-state index contributed by atoms with van der Waals surface area (Å²) in [6, 6.07) is 0. The second kappa shape index (κ2) is 19.6. The van der Waals surface area contributed by atoms with Crippen molar-refractivity contribution in [2.24, 2.45) is 5.41 Å². The summed E-state index contributed by atoms with van der Waals surface area (Å²) >= 11 is 2.32. The van der Waals surface area contributed by atoms with Crippen LogP contribution in [0, 0.1) is 5.41 Å². The summed E-state index contributed by atoms with van der Waals surface area (Å²) in [4.78, 5) is 25.4. The van der Waals surface area contributed by atoms with Crippen LogP contribution in [0.1, 0.15) is 117 Å². The molecule has 0 aromatic carbocycles. The molecule has 0 aliphatic rings. The van der Waals surface area contributed by atoms with Gasteiger partial charge in [0.15, 0.2) is 5.41 Å². The van der Waals surface area contributed by atoms with Crippen molar-refractivity contribution in [1.82, 2.24) is 0 Å². The third-order valence-electron chi connectivity index (χ3n) is 5.42. The fourth-order valence-corrected chi connectivity index (χ4v) is 3.81. The molecule has 0 heterocycles. The van der Waals surface area contributed by atoms with Crippen LogP contribution >= 0.6 is 22.6 Å². The predicted molar refractivity (Wildman–Crippen MR) is 130 cm³/mol. The number of ether oxygens (including phenoxy) is 2. The van der Waals surface area contributed by atoms with Crippen molar-refractivity contribution in [3.63, 3.8) is 0 Å². The molecule has 0 rings (SSSR count). The van der Waals surface area contributed by atoms with Crippen molar-refractivity contribution in [2.75, 3.05) is 17.6 Å². The molecule has 5 heteroatoms. The summed E-state index contributed by atoms with van der Waals surface area (Å²) in [5.41, 5.74) is -1.17. The maximum Gasteiger partial charge on any atom is 0.323 e. The van der Waals surface area contributed by atoms with Crippen molar-refractivity contribution < 1.29 is 19.1 Å². The molecule has 0 aromatic heterocycles. The van der Waals surface area contributed by atoms with Crippen LogP contribution in [-0.4, -0.2) is 29.6 Å². The molecule has 0 unspecified atom stereocenters. The van der Waals surface area contributed by atoms with Crippen LogP contribution < -0.4 is 0 Å². The lowest BCUT2D eigenvalue weighted by atomic mass is 9.85. The molecule has 0 aliphatic heterocycles. The smallest absolute Gasteiger partial charge is 0.323 e. The van der Waals surface area contributed by atoms with E-state index in [1.54, 1.807) is 6.92 Å². The average molecular weight is 525 g/mol. The molecule has 29 heavy (non-hydrogen) atoms. The normalized spacial score (nSPS) is 11.4. The topological polar surface area (TPSA) is 52.6 Å². The first-order valence-corrected chi connectivity index (χ1v) is 13.5.